The monoisotopic (exact) mass is 228 g/mol. The molecule has 80 valence electrons. The van der Waals surface area contributed by atoms with Crippen molar-refractivity contribution in [1.29, 1.82) is 0 Å². The van der Waals surface area contributed by atoms with Crippen LogP contribution in [0, 0.1) is 5.82 Å². The normalized spacial score (nSPS) is 10.6. The molecule has 0 aliphatic carbocycles. The van der Waals surface area contributed by atoms with Gasteiger partial charge in [-0.2, -0.15) is 0 Å². The third-order valence-corrected chi connectivity index (χ3v) is 2.13. The zero-order chi connectivity index (χ0) is 11.3. The van der Waals surface area contributed by atoms with Crippen molar-refractivity contribution in [1.82, 2.24) is 0 Å². The van der Waals surface area contributed by atoms with Crippen LogP contribution in [0.5, 0.6) is 0 Å². The molecule has 1 aromatic carbocycles. The van der Waals surface area contributed by atoms with Crippen LogP contribution in [-0.2, 0) is 9.53 Å². The fraction of sp³-hybridized carbons (Fsp3) is 0.182. The summed E-state index contributed by atoms with van der Waals surface area (Å²) in [4.78, 5) is 10.8. The van der Waals surface area contributed by atoms with E-state index in [-0.39, 0.29) is 18.0 Å². The van der Waals surface area contributed by atoms with Gasteiger partial charge in [0.05, 0.1) is 18.6 Å². The first kappa shape index (κ1) is 11.7. The topological polar surface area (TPSA) is 26.3 Å². The molecule has 2 nitrogen and oxygen atoms in total. The van der Waals surface area contributed by atoms with Crippen LogP contribution in [-0.4, -0.2) is 13.1 Å². The Bertz CT molecular complexity index is 368. The van der Waals surface area contributed by atoms with E-state index in [0.29, 0.717) is 5.02 Å². The fourth-order valence-corrected chi connectivity index (χ4v) is 1.25. The maximum Gasteiger partial charge on any atom is 0.309 e. The minimum atomic E-state index is -0.413. The van der Waals surface area contributed by atoms with Crippen molar-refractivity contribution in [2.75, 3.05) is 7.11 Å². The van der Waals surface area contributed by atoms with E-state index in [1.54, 1.807) is 6.07 Å². The highest BCUT2D eigenvalue weighted by Crippen LogP contribution is 2.20. The van der Waals surface area contributed by atoms with E-state index < -0.39 is 5.82 Å². The average Bonchev–Trinajstić information content (AvgIpc) is 2.22. The van der Waals surface area contributed by atoms with Crippen molar-refractivity contribution < 1.29 is 13.9 Å². The van der Waals surface area contributed by atoms with Crippen LogP contribution in [0.1, 0.15) is 12.0 Å². The van der Waals surface area contributed by atoms with Crippen molar-refractivity contribution in [3.8, 4) is 0 Å². The lowest BCUT2D eigenvalue weighted by Gasteiger charge is -1.99. The summed E-state index contributed by atoms with van der Waals surface area (Å²) in [6.45, 7) is 0. The summed E-state index contributed by atoms with van der Waals surface area (Å²) >= 11 is 5.77. The van der Waals surface area contributed by atoms with Crippen molar-refractivity contribution in [2.24, 2.45) is 0 Å². The lowest BCUT2D eigenvalue weighted by Crippen LogP contribution is -1.96. The van der Waals surface area contributed by atoms with Crippen molar-refractivity contribution in [3.63, 3.8) is 0 Å². The number of rotatable bonds is 3. The standard InChI is InChI=1S/C11H10ClFO2/c1-15-11(14)7-2-4-8-9(12)5-3-6-10(8)13/h2-6H,7H2,1H3. The molecular weight excluding hydrogens is 219 g/mol. The summed E-state index contributed by atoms with van der Waals surface area (Å²) in [5.41, 5.74) is 0.281. The van der Waals surface area contributed by atoms with Crippen LogP contribution >= 0.6 is 11.6 Å². The Morgan fingerprint density at radius 1 is 1.60 bits per heavy atom. The number of carbonyl (C=O) groups excluding carboxylic acids is 1. The van der Waals surface area contributed by atoms with Crippen LogP contribution in [0.2, 0.25) is 5.02 Å². The quantitative estimate of drug-likeness (QED) is 0.744. The van der Waals surface area contributed by atoms with Gasteiger partial charge in [-0.15, -0.1) is 0 Å². The van der Waals surface area contributed by atoms with Gasteiger partial charge in [0.15, 0.2) is 0 Å². The molecule has 0 aliphatic heterocycles. The molecule has 0 fully saturated rings. The fourth-order valence-electron chi connectivity index (χ4n) is 1.03. The first-order valence-electron chi connectivity index (χ1n) is 4.32. The van der Waals surface area contributed by atoms with Crippen LogP contribution in [0.25, 0.3) is 6.08 Å². The molecule has 0 radical (unpaired) electrons. The van der Waals surface area contributed by atoms with Crippen molar-refractivity contribution >= 4 is 23.6 Å². The summed E-state index contributed by atoms with van der Waals surface area (Å²) in [5, 5.41) is 0.316. The first-order valence-corrected chi connectivity index (χ1v) is 4.70. The molecule has 0 amide bonds. The molecule has 0 atom stereocenters. The third kappa shape index (κ3) is 3.36. The van der Waals surface area contributed by atoms with Gasteiger partial charge in [-0.25, -0.2) is 4.39 Å². The predicted molar refractivity (Wildman–Crippen MR) is 57.1 cm³/mol. The van der Waals surface area contributed by atoms with Gasteiger partial charge in [-0.1, -0.05) is 29.8 Å². The Kier molecular flexibility index (Phi) is 4.31. The zero-order valence-corrected chi connectivity index (χ0v) is 8.92. The largest absolute Gasteiger partial charge is 0.469 e. The SMILES string of the molecule is COC(=O)CC=Cc1c(F)cccc1Cl. The molecule has 4 heteroatoms. The van der Waals surface area contributed by atoms with Gasteiger partial charge in [0, 0.05) is 5.56 Å². The maximum atomic E-state index is 13.2. The van der Waals surface area contributed by atoms with Gasteiger partial charge in [0.25, 0.3) is 0 Å². The minimum Gasteiger partial charge on any atom is -0.469 e. The van der Waals surface area contributed by atoms with Crippen molar-refractivity contribution in [3.05, 3.63) is 40.7 Å². The van der Waals surface area contributed by atoms with E-state index in [9.17, 15) is 9.18 Å². The number of carbonyl (C=O) groups is 1. The molecule has 1 rings (SSSR count). The van der Waals surface area contributed by atoms with Crippen LogP contribution < -0.4 is 0 Å². The highest BCUT2D eigenvalue weighted by Gasteiger charge is 2.02. The highest BCUT2D eigenvalue weighted by molar-refractivity contribution is 6.32. The van der Waals surface area contributed by atoms with E-state index in [0.717, 1.165) is 0 Å². The maximum absolute atomic E-state index is 13.2. The van der Waals surface area contributed by atoms with Gasteiger partial charge in [-0.05, 0) is 12.1 Å². The van der Waals surface area contributed by atoms with Gasteiger partial charge in [0.1, 0.15) is 5.82 Å². The smallest absolute Gasteiger partial charge is 0.309 e. The van der Waals surface area contributed by atoms with E-state index in [1.807, 2.05) is 0 Å². The molecule has 0 aliphatic rings. The van der Waals surface area contributed by atoms with E-state index >= 15 is 0 Å². The van der Waals surface area contributed by atoms with Gasteiger partial charge < -0.3 is 4.74 Å². The highest BCUT2D eigenvalue weighted by atomic mass is 35.5. The summed E-state index contributed by atoms with van der Waals surface area (Å²) in [6, 6.07) is 4.42. The van der Waals surface area contributed by atoms with Gasteiger partial charge in [0.2, 0.25) is 0 Å². The number of hydrogen-bond donors (Lipinski definition) is 0. The summed E-state index contributed by atoms with van der Waals surface area (Å²) in [7, 11) is 1.30. The molecule has 0 saturated heterocycles. The van der Waals surface area contributed by atoms with E-state index in [1.165, 1.54) is 31.4 Å². The molecule has 0 unspecified atom stereocenters. The Balaban J connectivity index is 2.76. The number of hydrogen-bond acceptors (Lipinski definition) is 2. The Labute approximate surface area is 92.3 Å². The molecule has 0 N–H and O–H groups in total. The van der Waals surface area contributed by atoms with Gasteiger partial charge >= 0.3 is 5.97 Å². The average molecular weight is 229 g/mol. The second-order valence-electron chi connectivity index (χ2n) is 2.82. The molecule has 0 saturated carbocycles. The zero-order valence-electron chi connectivity index (χ0n) is 8.17. The molecule has 15 heavy (non-hydrogen) atoms. The lowest BCUT2D eigenvalue weighted by molar-refractivity contribution is -0.139. The number of methoxy groups -OCH3 is 1. The molecule has 0 heterocycles. The Morgan fingerprint density at radius 3 is 2.93 bits per heavy atom. The van der Waals surface area contributed by atoms with Crippen LogP contribution in [0.4, 0.5) is 4.39 Å². The molecule has 1 aromatic rings. The number of halogens is 2. The number of ether oxygens (including phenoxy) is 1. The molecule has 0 spiro atoms. The summed E-state index contributed by atoms with van der Waals surface area (Å²) in [5.74, 6) is -0.790. The Hall–Kier alpha value is -1.35. The summed E-state index contributed by atoms with van der Waals surface area (Å²) < 4.78 is 17.6. The minimum absolute atomic E-state index is 0.0984. The molecule has 0 aromatic heterocycles. The predicted octanol–water partition coefficient (Wildman–Crippen LogP) is 3.06. The summed E-state index contributed by atoms with van der Waals surface area (Å²) in [6.07, 6.45) is 3.08. The Morgan fingerprint density at radius 2 is 2.33 bits per heavy atom. The second kappa shape index (κ2) is 5.51. The van der Waals surface area contributed by atoms with E-state index in [2.05, 4.69) is 4.74 Å². The first-order chi connectivity index (χ1) is 7.15. The van der Waals surface area contributed by atoms with Gasteiger partial charge in [-0.3, -0.25) is 4.79 Å². The van der Waals surface area contributed by atoms with Crippen LogP contribution in [0.3, 0.4) is 0 Å². The number of esters is 1. The second-order valence-corrected chi connectivity index (χ2v) is 3.23. The lowest BCUT2D eigenvalue weighted by atomic mass is 10.2. The van der Waals surface area contributed by atoms with Crippen molar-refractivity contribution in [2.45, 2.75) is 6.42 Å². The van der Waals surface area contributed by atoms with E-state index in [4.69, 9.17) is 11.6 Å². The third-order valence-electron chi connectivity index (χ3n) is 1.80. The number of benzene rings is 1. The van der Waals surface area contributed by atoms with Crippen LogP contribution in [0.15, 0.2) is 24.3 Å². The molecule has 0 bridgehead atoms. The molecular formula is C11H10ClFO2.